The minimum absolute atomic E-state index is 0.0572. The van der Waals surface area contributed by atoms with Crippen molar-refractivity contribution < 1.29 is 15.4 Å². The van der Waals surface area contributed by atoms with Crippen molar-refractivity contribution in [2.45, 2.75) is 0 Å². The number of hydrogen-bond donors (Lipinski definition) is 0. The third-order valence-electron chi connectivity index (χ3n) is 7.79. The van der Waals surface area contributed by atoms with E-state index in [9.17, 15) is 0 Å². The number of hydrogen-bond acceptors (Lipinski definition) is 1. The average molecular weight is 533 g/mol. The lowest BCUT2D eigenvalue weighted by Crippen LogP contribution is -1.94. The Morgan fingerprint density at radius 1 is 0.488 bits per heavy atom. The van der Waals surface area contributed by atoms with E-state index in [1.54, 1.807) is 12.1 Å². The summed E-state index contributed by atoms with van der Waals surface area (Å²) in [6, 6.07) is 28.6. The van der Waals surface area contributed by atoms with Crippen molar-refractivity contribution in [1.82, 2.24) is 9.13 Å². The lowest BCUT2D eigenvalue weighted by molar-refractivity contribution is 0.645. The Morgan fingerprint density at radius 3 is 1.88 bits per heavy atom. The van der Waals surface area contributed by atoms with Crippen LogP contribution in [0.1, 0.15) is 11.0 Å². The fraction of sp³-hybridized carbons (Fsp3) is 0. The first-order chi connectivity index (χ1) is 23.7. The largest absolute Gasteiger partial charge is 0.439 e. The summed E-state index contributed by atoms with van der Waals surface area (Å²) in [6.07, 6.45) is 0. The predicted molar refractivity (Wildman–Crippen MR) is 170 cm³/mol. The molecule has 0 spiro atoms. The zero-order valence-corrected chi connectivity index (χ0v) is 21.5. The monoisotopic (exact) mass is 532 g/mol. The van der Waals surface area contributed by atoms with Crippen molar-refractivity contribution >= 4 is 54.8 Å². The summed E-state index contributed by atoms with van der Waals surface area (Å²) in [4.78, 5) is 0. The molecule has 0 atom stereocenters. The van der Waals surface area contributed by atoms with Crippen molar-refractivity contribution in [3.05, 3.63) is 145 Å². The van der Waals surface area contributed by atoms with Gasteiger partial charge in [-0.25, -0.2) is 0 Å². The molecule has 6 aromatic carbocycles. The van der Waals surface area contributed by atoms with E-state index < -0.39 is 24.2 Å². The number of nitrogens with zero attached hydrogens (tertiary/aromatic N) is 2. The molecule has 9 aromatic rings. The summed E-state index contributed by atoms with van der Waals surface area (Å²) in [5.74, 6) is 0. The molecule has 3 heterocycles. The maximum atomic E-state index is 8.79. The van der Waals surface area contributed by atoms with Crippen molar-refractivity contribution in [2.24, 2.45) is 0 Å². The molecular formula is C38H24N2O. The molecular weight excluding hydrogens is 500 g/mol. The van der Waals surface area contributed by atoms with E-state index in [-0.39, 0.29) is 46.0 Å². The van der Waals surface area contributed by atoms with Crippen LogP contribution in [0, 0.1) is 0 Å². The van der Waals surface area contributed by atoms with Crippen LogP contribution in [0.5, 0.6) is 0 Å². The Balaban J connectivity index is 1.27. The number of rotatable bonds is 3. The molecule has 0 fully saturated rings. The van der Waals surface area contributed by atoms with E-state index >= 15 is 0 Å². The molecule has 0 amide bonds. The van der Waals surface area contributed by atoms with Crippen LogP contribution in [0.3, 0.4) is 0 Å². The maximum absolute atomic E-state index is 8.79. The second-order valence-electron chi connectivity index (χ2n) is 10.0. The van der Waals surface area contributed by atoms with Gasteiger partial charge in [0.15, 0.2) is 0 Å². The van der Waals surface area contributed by atoms with Crippen LogP contribution in [0.4, 0.5) is 0 Å². The van der Waals surface area contributed by atoms with Gasteiger partial charge in [-0.15, -0.1) is 0 Å². The predicted octanol–water partition coefficient (Wildman–Crippen LogP) is 10.3. The van der Waals surface area contributed by atoms with E-state index in [1.807, 2.05) is 66.7 Å². The first-order valence-electron chi connectivity index (χ1n) is 17.3. The van der Waals surface area contributed by atoms with Crippen molar-refractivity contribution in [3.63, 3.8) is 0 Å². The fourth-order valence-electron chi connectivity index (χ4n) is 5.99. The Hall–Kier alpha value is -5.54. The molecule has 0 aliphatic carbocycles. The summed E-state index contributed by atoms with van der Waals surface area (Å²) in [6.45, 7) is 0. The van der Waals surface area contributed by atoms with E-state index in [0.29, 0.717) is 5.69 Å². The highest BCUT2D eigenvalue weighted by molar-refractivity contribution is 6.20. The molecule has 0 radical (unpaired) electrons. The molecule has 41 heavy (non-hydrogen) atoms. The van der Waals surface area contributed by atoms with Crippen LogP contribution in [0.15, 0.2) is 150 Å². The third kappa shape index (κ3) is 3.20. The standard InChI is InChI=1S/C38H24N2O/c1-2-10-27(11-3-1)40-35-23-20-26(24-32(35)37-31-14-6-9-17-36(31)41-38(37)40)25-18-21-28(22-19-25)39-33-15-7-4-12-29(33)30-13-5-8-16-34(30)39/h1-24H/i4D,5D,7D,8D,12D,13D,15D,16D. The van der Waals surface area contributed by atoms with E-state index in [0.717, 1.165) is 49.8 Å². The molecule has 3 heteroatoms. The number of para-hydroxylation sites is 4. The van der Waals surface area contributed by atoms with Crippen LogP contribution < -0.4 is 0 Å². The quantitative estimate of drug-likeness (QED) is 0.222. The Morgan fingerprint density at radius 2 is 1.12 bits per heavy atom. The summed E-state index contributed by atoms with van der Waals surface area (Å²) in [5.41, 5.74) is 6.08. The number of furan rings is 1. The summed E-state index contributed by atoms with van der Waals surface area (Å²) >= 11 is 0. The van der Waals surface area contributed by atoms with Gasteiger partial charge in [0, 0.05) is 32.9 Å². The normalized spacial score (nSPS) is 14.6. The molecule has 3 aromatic heterocycles. The third-order valence-corrected chi connectivity index (χ3v) is 7.79. The second kappa shape index (κ2) is 8.48. The van der Waals surface area contributed by atoms with Gasteiger partial charge < -0.3 is 8.98 Å². The van der Waals surface area contributed by atoms with Crippen LogP contribution in [-0.4, -0.2) is 9.13 Å². The minimum Gasteiger partial charge on any atom is -0.439 e. The van der Waals surface area contributed by atoms with Gasteiger partial charge in [0.1, 0.15) is 5.58 Å². The zero-order valence-electron chi connectivity index (χ0n) is 29.5. The number of aromatic nitrogens is 2. The van der Waals surface area contributed by atoms with E-state index in [4.69, 9.17) is 15.4 Å². The highest BCUT2D eigenvalue weighted by Gasteiger charge is 2.20. The maximum Gasteiger partial charge on any atom is 0.213 e. The summed E-state index contributed by atoms with van der Waals surface area (Å²) in [5, 5.41) is 3.18. The first-order valence-corrected chi connectivity index (χ1v) is 13.3. The topological polar surface area (TPSA) is 23.0 Å². The fourth-order valence-corrected chi connectivity index (χ4v) is 5.99. The van der Waals surface area contributed by atoms with Gasteiger partial charge in [-0.2, -0.15) is 0 Å². The Kier molecular flexibility index (Phi) is 3.29. The highest BCUT2D eigenvalue weighted by Crippen LogP contribution is 2.40. The molecule has 0 saturated carbocycles. The van der Waals surface area contributed by atoms with Crippen LogP contribution in [-0.2, 0) is 0 Å². The summed E-state index contributed by atoms with van der Waals surface area (Å²) in [7, 11) is 0. The van der Waals surface area contributed by atoms with Crippen LogP contribution in [0.2, 0.25) is 0 Å². The zero-order chi connectivity index (χ0) is 33.9. The molecule has 0 aliphatic heterocycles. The Bertz CT molecular complexity index is 2770. The first kappa shape index (κ1) is 15.9. The number of fused-ring (bicyclic) bond motifs is 8. The van der Waals surface area contributed by atoms with Crippen molar-refractivity contribution in [3.8, 4) is 22.5 Å². The van der Waals surface area contributed by atoms with E-state index in [1.165, 1.54) is 4.57 Å². The minimum atomic E-state index is -0.463. The molecule has 192 valence electrons. The molecule has 3 nitrogen and oxygen atoms in total. The smallest absolute Gasteiger partial charge is 0.213 e. The SMILES string of the molecule is [2H]c1c([2H])c([2H])c2c(c1[2H])c1c([2H])c([2H])c([2H])c([2H])c1n2-c1ccc(-c2ccc3c(c2)c2c4ccccc4oc2n3-c2ccccc2)cc1. The van der Waals surface area contributed by atoms with Gasteiger partial charge in [-0.05, 0) is 65.7 Å². The number of benzene rings is 6. The molecule has 0 unspecified atom stereocenters. The second-order valence-corrected chi connectivity index (χ2v) is 10.0. The highest BCUT2D eigenvalue weighted by atomic mass is 16.3. The van der Waals surface area contributed by atoms with Crippen molar-refractivity contribution in [1.29, 1.82) is 0 Å². The molecule has 0 bridgehead atoms. The van der Waals surface area contributed by atoms with Gasteiger partial charge in [0.25, 0.3) is 0 Å². The molecule has 0 saturated heterocycles. The van der Waals surface area contributed by atoms with Gasteiger partial charge in [0.2, 0.25) is 5.71 Å². The molecule has 9 rings (SSSR count). The van der Waals surface area contributed by atoms with Crippen LogP contribution in [0.25, 0.3) is 77.3 Å². The van der Waals surface area contributed by atoms with Gasteiger partial charge in [-0.1, -0.05) is 90.9 Å². The van der Waals surface area contributed by atoms with Gasteiger partial charge in [0.05, 0.1) is 32.9 Å². The van der Waals surface area contributed by atoms with Crippen molar-refractivity contribution in [2.75, 3.05) is 0 Å². The summed E-state index contributed by atoms with van der Waals surface area (Å²) < 4.78 is 78.3. The average Bonchev–Trinajstić information content (AvgIpc) is 3.79. The molecule has 0 aliphatic rings. The van der Waals surface area contributed by atoms with E-state index in [2.05, 4.69) is 22.8 Å². The Labute approximate surface area is 247 Å². The molecule has 0 N–H and O–H groups in total. The lowest BCUT2D eigenvalue weighted by Gasteiger charge is -2.10. The van der Waals surface area contributed by atoms with Crippen LogP contribution >= 0.6 is 0 Å². The lowest BCUT2D eigenvalue weighted by atomic mass is 10.0. The van der Waals surface area contributed by atoms with Gasteiger partial charge >= 0.3 is 0 Å². The van der Waals surface area contributed by atoms with Gasteiger partial charge in [-0.3, -0.25) is 4.57 Å².